The van der Waals surface area contributed by atoms with Gasteiger partial charge >= 0.3 is 0 Å². The largest absolute Gasteiger partial charge is 0.399 e. The standard InChI is InChI=1S/C26H33N5O3/c1-26(2)17-30(13-14-34-26)21-10-11-22-23(15-21)31(16-19-5-4-12-27-24(19)28-22)25(32)18-6-8-20(9-7-18)29-33-3/h4-5,10-12,15,18H,6-9,13-14,16-17H2,1-3H3,(H,27,28). The predicted molar refractivity (Wildman–Crippen MR) is 134 cm³/mol. The zero-order chi connectivity index (χ0) is 23.7. The van der Waals surface area contributed by atoms with E-state index in [0.29, 0.717) is 13.2 Å². The second kappa shape index (κ2) is 9.25. The van der Waals surface area contributed by atoms with Gasteiger partial charge in [-0.2, -0.15) is 0 Å². The Morgan fingerprint density at radius 2 is 2.09 bits per heavy atom. The highest BCUT2D eigenvalue weighted by Crippen LogP contribution is 2.40. The van der Waals surface area contributed by atoms with Gasteiger partial charge in [0.1, 0.15) is 12.9 Å². The number of oxime groups is 1. The molecule has 1 aromatic carbocycles. The van der Waals surface area contributed by atoms with Crippen LogP contribution in [0.4, 0.5) is 22.9 Å². The molecule has 2 fully saturated rings. The molecule has 8 nitrogen and oxygen atoms in total. The van der Waals surface area contributed by atoms with Gasteiger partial charge in [0.05, 0.1) is 35.8 Å². The average Bonchev–Trinajstić information content (AvgIpc) is 3.00. The lowest BCUT2D eigenvalue weighted by molar-refractivity contribution is -0.123. The molecule has 1 N–H and O–H groups in total. The number of fused-ring (bicyclic) bond motifs is 2. The van der Waals surface area contributed by atoms with E-state index < -0.39 is 0 Å². The molecular weight excluding hydrogens is 430 g/mol. The molecule has 0 unspecified atom stereocenters. The van der Waals surface area contributed by atoms with Crippen molar-refractivity contribution in [3.63, 3.8) is 0 Å². The Balaban J connectivity index is 1.48. The van der Waals surface area contributed by atoms with Gasteiger partial charge in [-0.05, 0) is 63.8 Å². The van der Waals surface area contributed by atoms with Gasteiger partial charge in [-0.15, -0.1) is 0 Å². The Morgan fingerprint density at radius 1 is 1.26 bits per heavy atom. The molecule has 1 aromatic heterocycles. The molecule has 1 aliphatic carbocycles. The first-order chi connectivity index (χ1) is 16.4. The van der Waals surface area contributed by atoms with Crippen LogP contribution in [0.2, 0.25) is 0 Å². The third-order valence-electron chi connectivity index (χ3n) is 6.93. The fourth-order valence-electron chi connectivity index (χ4n) is 5.18. The number of ether oxygens (including phenoxy) is 1. The van der Waals surface area contributed by atoms with Crippen LogP contribution in [0.25, 0.3) is 0 Å². The van der Waals surface area contributed by atoms with Crippen molar-refractivity contribution in [1.29, 1.82) is 0 Å². The normalized spacial score (nSPS) is 21.6. The van der Waals surface area contributed by atoms with Crippen LogP contribution in [0.1, 0.15) is 45.1 Å². The summed E-state index contributed by atoms with van der Waals surface area (Å²) in [6, 6.07) is 10.3. The Bertz CT molecular complexity index is 1090. The maximum absolute atomic E-state index is 13.9. The number of nitrogens with one attached hydrogen (secondary N) is 1. The number of hydrogen-bond acceptors (Lipinski definition) is 7. The minimum Gasteiger partial charge on any atom is -0.399 e. The van der Waals surface area contributed by atoms with Crippen molar-refractivity contribution < 1.29 is 14.4 Å². The topological polar surface area (TPSA) is 79.3 Å². The van der Waals surface area contributed by atoms with Crippen LogP contribution in [0.15, 0.2) is 41.7 Å². The lowest BCUT2D eigenvalue weighted by atomic mass is 9.86. The molecule has 1 saturated heterocycles. The number of anilines is 4. The number of rotatable bonds is 3. The third kappa shape index (κ3) is 4.59. The molecule has 3 aliphatic rings. The predicted octanol–water partition coefficient (Wildman–Crippen LogP) is 4.48. The molecule has 2 aromatic rings. The second-order valence-electron chi connectivity index (χ2n) is 9.91. The number of carbonyl (C=O) groups is 1. The summed E-state index contributed by atoms with van der Waals surface area (Å²) in [4.78, 5) is 27.7. The lowest BCUT2D eigenvalue weighted by Crippen LogP contribution is -2.48. The van der Waals surface area contributed by atoms with Crippen LogP contribution < -0.4 is 15.1 Å². The van der Waals surface area contributed by atoms with Crippen molar-refractivity contribution in [3.05, 3.63) is 42.1 Å². The van der Waals surface area contributed by atoms with Gasteiger partial charge in [-0.1, -0.05) is 11.2 Å². The van der Waals surface area contributed by atoms with E-state index >= 15 is 0 Å². The van der Waals surface area contributed by atoms with E-state index in [1.165, 1.54) is 0 Å². The van der Waals surface area contributed by atoms with Crippen molar-refractivity contribution in [2.75, 3.05) is 41.9 Å². The van der Waals surface area contributed by atoms with Gasteiger partial charge < -0.3 is 24.7 Å². The summed E-state index contributed by atoms with van der Waals surface area (Å²) in [7, 11) is 1.57. The zero-order valence-corrected chi connectivity index (χ0v) is 20.2. The molecule has 0 atom stereocenters. The van der Waals surface area contributed by atoms with E-state index in [1.54, 1.807) is 13.3 Å². The molecule has 2 aliphatic heterocycles. The number of morpholine rings is 1. The molecule has 1 saturated carbocycles. The van der Waals surface area contributed by atoms with Crippen molar-refractivity contribution in [1.82, 2.24) is 4.98 Å². The minimum atomic E-state index is -0.206. The maximum atomic E-state index is 13.9. The first-order valence-electron chi connectivity index (χ1n) is 12.1. The van der Waals surface area contributed by atoms with E-state index in [9.17, 15) is 4.79 Å². The van der Waals surface area contributed by atoms with E-state index in [0.717, 1.165) is 72.9 Å². The quantitative estimate of drug-likeness (QED) is 0.676. The van der Waals surface area contributed by atoms with Crippen molar-refractivity contribution in [2.24, 2.45) is 11.1 Å². The van der Waals surface area contributed by atoms with Crippen LogP contribution in [-0.4, -0.2) is 49.0 Å². The Hall–Kier alpha value is -3.13. The van der Waals surface area contributed by atoms with Crippen LogP contribution >= 0.6 is 0 Å². The molecule has 180 valence electrons. The van der Waals surface area contributed by atoms with Crippen molar-refractivity contribution >= 4 is 34.5 Å². The SMILES string of the molecule is CON=C1CCC(C(=O)N2Cc3cccnc3Nc3ccc(N4CCOC(C)(C)C4)cc32)CC1. The van der Waals surface area contributed by atoms with Gasteiger partial charge in [0.2, 0.25) is 5.91 Å². The highest BCUT2D eigenvalue weighted by atomic mass is 16.6. The summed E-state index contributed by atoms with van der Waals surface area (Å²) in [6.45, 7) is 7.05. The monoisotopic (exact) mass is 463 g/mol. The Kier molecular flexibility index (Phi) is 6.16. The molecule has 1 amide bonds. The summed E-state index contributed by atoms with van der Waals surface area (Å²) in [6.07, 6.45) is 4.95. The molecule has 34 heavy (non-hydrogen) atoms. The average molecular weight is 464 g/mol. The van der Waals surface area contributed by atoms with E-state index in [1.807, 2.05) is 17.0 Å². The number of aromatic nitrogens is 1. The molecular formula is C26H33N5O3. The molecule has 8 heteroatoms. The molecule has 0 bridgehead atoms. The summed E-state index contributed by atoms with van der Waals surface area (Å²) in [5.74, 6) is 0.931. The number of benzene rings is 1. The smallest absolute Gasteiger partial charge is 0.230 e. The number of pyridine rings is 1. The van der Waals surface area contributed by atoms with Gasteiger partial charge in [0.15, 0.2) is 0 Å². The first-order valence-corrected chi connectivity index (χ1v) is 12.1. The summed E-state index contributed by atoms with van der Waals surface area (Å²) >= 11 is 0. The highest BCUT2D eigenvalue weighted by molar-refractivity contribution is 6.01. The van der Waals surface area contributed by atoms with E-state index in [2.05, 4.69) is 52.4 Å². The van der Waals surface area contributed by atoms with Crippen LogP contribution in [0.3, 0.4) is 0 Å². The lowest BCUT2D eigenvalue weighted by Gasteiger charge is -2.40. The molecule has 0 radical (unpaired) electrons. The van der Waals surface area contributed by atoms with Crippen LogP contribution in [-0.2, 0) is 20.9 Å². The zero-order valence-electron chi connectivity index (χ0n) is 20.2. The summed E-state index contributed by atoms with van der Waals surface area (Å²) < 4.78 is 5.91. The van der Waals surface area contributed by atoms with Gasteiger partial charge in [-0.3, -0.25) is 4.79 Å². The van der Waals surface area contributed by atoms with Gasteiger partial charge in [-0.25, -0.2) is 4.98 Å². The Labute approximate surface area is 200 Å². The van der Waals surface area contributed by atoms with Crippen LogP contribution in [0.5, 0.6) is 0 Å². The number of amides is 1. The van der Waals surface area contributed by atoms with E-state index in [4.69, 9.17) is 9.57 Å². The molecule has 5 rings (SSSR count). The maximum Gasteiger partial charge on any atom is 0.230 e. The van der Waals surface area contributed by atoms with Gasteiger partial charge in [0, 0.05) is 36.5 Å². The minimum absolute atomic E-state index is 0.0344. The Morgan fingerprint density at radius 3 is 2.85 bits per heavy atom. The first kappa shape index (κ1) is 22.7. The second-order valence-corrected chi connectivity index (χ2v) is 9.91. The molecule has 0 spiro atoms. The van der Waals surface area contributed by atoms with Crippen molar-refractivity contribution in [3.8, 4) is 0 Å². The highest BCUT2D eigenvalue weighted by Gasteiger charge is 2.33. The number of hydrogen-bond donors (Lipinski definition) is 1. The van der Waals surface area contributed by atoms with Crippen molar-refractivity contribution in [2.45, 2.75) is 51.7 Å². The van der Waals surface area contributed by atoms with E-state index in [-0.39, 0.29) is 17.4 Å². The third-order valence-corrected chi connectivity index (χ3v) is 6.93. The fraction of sp³-hybridized carbons (Fsp3) is 0.500. The summed E-state index contributed by atoms with van der Waals surface area (Å²) in [5, 5.41) is 7.58. The number of carbonyl (C=O) groups excluding carboxylic acids is 1. The fourth-order valence-corrected chi connectivity index (χ4v) is 5.18. The van der Waals surface area contributed by atoms with Crippen LogP contribution in [0, 0.1) is 5.92 Å². The molecule has 3 heterocycles. The number of nitrogens with zero attached hydrogens (tertiary/aromatic N) is 4. The summed E-state index contributed by atoms with van der Waals surface area (Å²) in [5.41, 5.74) is 4.75. The van der Waals surface area contributed by atoms with Gasteiger partial charge in [0.25, 0.3) is 0 Å².